The maximum absolute atomic E-state index is 12.6. The molecule has 1 saturated heterocycles. The largest absolute Gasteiger partial charge is 0.356 e. The minimum absolute atomic E-state index is 0.229. The number of nitrogens with zero attached hydrogens (tertiary/aromatic N) is 3. The number of sulfonamides is 1. The molecule has 1 aliphatic heterocycles. The third-order valence-electron chi connectivity index (χ3n) is 3.94. The number of nitrogens with one attached hydrogen (secondary N) is 2. The van der Waals surface area contributed by atoms with Crippen molar-refractivity contribution in [3.05, 3.63) is 18.1 Å². The number of hydrogen-bond donors (Lipinski definition) is 2. The SMILES string of the molecule is CNC(C)Cc1noc(-c2cc(S(=O)(=O)N3CCSCC3)c[nH]2)n1. The van der Waals surface area contributed by atoms with Crippen molar-refractivity contribution in [2.45, 2.75) is 24.3 Å². The van der Waals surface area contributed by atoms with E-state index in [-0.39, 0.29) is 10.9 Å². The third-order valence-corrected chi connectivity index (χ3v) is 6.76. The topological polar surface area (TPSA) is 104 Å². The van der Waals surface area contributed by atoms with Gasteiger partial charge >= 0.3 is 0 Å². The van der Waals surface area contributed by atoms with Gasteiger partial charge in [-0.1, -0.05) is 5.16 Å². The molecule has 132 valence electrons. The van der Waals surface area contributed by atoms with Crippen LogP contribution in [0.25, 0.3) is 11.6 Å². The van der Waals surface area contributed by atoms with Crippen molar-refractivity contribution >= 4 is 21.8 Å². The van der Waals surface area contributed by atoms with E-state index in [0.717, 1.165) is 11.5 Å². The summed E-state index contributed by atoms with van der Waals surface area (Å²) in [6, 6.07) is 1.78. The van der Waals surface area contributed by atoms with Crippen LogP contribution in [0, 0.1) is 0 Å². The van der Waals surface area contributed by atoms with Gasteiger partial charge in [0.2, 0.25) is 10.0 Å². The molecule has 2 aromatic rings. The van der Waals surface area contributed by atoms with E-state index in [1.807, 2.05) is 14.0 Å². The molecule has 10 heteroatoms. The summed E-state index contributed by atoms with van der Waals surface area (Å²) < 4.78 is 32.0. The van der Waals surface area contributed by atoms with Crippen molar-refractivity contribution in [1.29, 1.82) is 0 Å². The molecule has 0 spiro atoms. The fourth-order valence-corrected chi connectivity index (χ4v) is 4.98. The van der Waals surface area contributed by atoms with Crippen LogP contribution in [0.4, 0.5) is 0 Å². The van der Waals surface area contributed by atoms with Crippen molar-refractivity contribution in [3.63, 3.8) is 0 Å². The Labute approximate surface area is 145 Å². The Hall–Kier alpha value is -1.36. The van der Waals surface area contributed by atoms with Gasteiger partial charge in [-0.05, 0) is 20.0 Å². The monoisotopic (exact) mass is 371 g/mol. The highest BCUT2D eigenvalue weighted by molar-refractivity contribution is 7.99. The molecule has 8 nitrogen and oxygen atoms in total. The second-order valence-electron chi connectivity index (χ2n) is 5.68. The lowest BCUT2D eigenvalue weighted by Gasteiger charge is -2.24. The minimum atomic E-state index is -3.48. The highest BCUT2D eigenvalue weighted by Gasteiger charge is 2.27. The van der Waals surface area contributed by atoms with Gasteiger partial charge in [0.25, 0.3) is 5.89 Å². The molecule has 2 N–H and O–H groups in total. The fraction of sp³-hybridized carbons (Fsp3) is 0.571. The predicted molar refractivity (Wildman–Crippen MR) is 92.4 cm³/mol. The Kier molecular flexibility index (Phi) is 5.28. The van der Waals surface area contributed by atoms with Gasteiger partial charge in [0.15, 0.2) is 5.82 Å². The molecule has 1 atom stereocenters. The van der Waals surface area contributed by atoms with Crippen LogP contribution in [-0.4, -0.2) is 65.5 Å². The summed E-state index contributed by atoms with van der Waals surface area (Å²) in [5.41, 5.74) is 0.510. The Morgan fingerprint density at radius 2 is 2.21 bits per heavy atom. The first-order valence-electron chi connectivity index (χ1n) is 7.77. The molecule has 1 unspecified atom stereocenters. The van der Waals surface area contributed by atoms with Gasteiger partial charge < -0.3 is 14.8 Å². The van der Waals surface area contributed by atoms with Crippen molar-refractivity contribution in [2.24, 2.45) is 0 Å². The van der Waals surface area contributed by atoms with Crippen LogP contribution in [0.5, 0.6) is 0 Å². The van der Waals surface area contributed by atoms with Crippen LogP contribution < -0.4 is 5.32 Å². The lowest BCUT2D eigenvalue weighted by atomic mass is 10.2. The second-order valence-corrected chi connectivity index (χ2v) is 8.84. The summed E-state index contributed by atoms with van der Waals surface area (Å²) in [6.07, 6.45) is 2.11. The summed E-state index contributed by atoms with van der Waals surface area (Å²) in [5, 5.41) is 7.04. The van der Waals surface area contributed by atoms with Gasteiger partial charge in [0, 0.05) is 43.3 Å². The second kappa shape index (κ2) is 7.26. The maximum atomic E-state index is 12.6. The minimum Gasteiger partial charge on any atom is -0.356 e. The number of thioether (sulfide) groups is 1. The van der Waals surface area contributed by atoms with Gasteiger partial charge in [0.1, 0.15) is 10.6 Å². The molecular weight excluding hydrogens is 350 g/mol. The van der Waals surface area contributed by atoms with Gasteiger partial charge in [-0.2, -0.15) is 21.1 Å². The first kappa shape index (κ1) is 17.5. The zero-order valence-corrected chi connectivity index (χ0v) is 15.3. The molecule has 0 aromatic carbocycles. The number of H-pyrrole nitrogens is 1. The van der Waals surface area contributed by atoms with E-state index in [1.54, 1.807) is 17.8 Å². The zero-order valence-electron chi connectivity index (χ0n) is 13.7. The van der Waals surface area contributed by atoms with E-state index < -0.39 is 10.0 Å². The summed E-state index contributed by atoms with van der Waals surface area (Å²) in [5.74, 6) is 2.53. The molecule has 1 aliphatic rings. The fourth-order valence-electron chi connectivity index (χ4n) is 2.41. The van der Waals surface area contributed by atoms with E-state index in [4.69, 9.17) is 4.52 Å². The van der Waals surface area contributed by atoms with E-state index in [2.05, 4.69) is 20.4 Å². The van der Waals surface area contributed by atoms with E-state index >= 15 is 0 Å². The van der Waals surface area contributed by atoms with Gasteiger partial charge in [-0.15, -0.1) is 0 Å². The van der Waals surface area contributed by atoms with E-state index in [1.165, 1.54) is 10.5 Å². The lowest BCUT2D eigenvalue weighted by Crippen LogP contribution is -2.37. The van der Waals surface area contributed by atoms with Gasteiger partial charge in [-0.25, -0.2) is 8.42 Å². The van der Waals surface area contributed by atoms with E-state index in [0.29, 0.717) is 36.9 Å². The molecule has 3 rings (SSSR count). The Morgan fingerprint density at radius 1 is 1.46 bits per heavy atom. The van der Waals surface area contributed by atoms with Gasteiger partial charge in [0.05, 0.1) is 0 Å². The highest BCUT2D eigenvalue weighted by atomic mass is 32.2. The van der Waals surface area contributed by atoms with E-state index in [9.17, 15) is 8.42 Å². The number of rotatable bonds is 6. The lowest BCUT2D eigenvalue weighted by molar-refractivity contribution is 0.417. The molecular formula is C14H21N5O3S2. The Morgan fingerprint density at radius 3 is 2.92 bits per heavy atom. The molecule has 0 aliphatic carbocycles. The average molecular weight is 371 g/mol. The van der Waals surface area contributed by atoms with Crippen LogP contribution in [0.2, 0.25) is 0 Å². The average Bonchev–Trinajstić information content (AvgIpc) is 3.25. The molecule has 0 amide bonds. The summed E-state index contributed by atoms with van der Waals surface area (Å²) in [4.78, 5) is 7.47. The van der Waals surface area contributed by atoms with Crippen LogP contribution in [-0.2, 0) is 16.4 Å². The molecule has 0 bridgehead atoms. The number of likely N-dealkylation sites (N-methyl/N-ethyl adjacent to an activating group) is 1. The standard InChI is InChI=1S/C14H21N5O3S2/c1-10(15-2)7-13-17-14(22-18-13)12-8-11(9-16-12)24(20,21)19-3-5-23-6-4-19/h8-10,15-16H,3-7H2,1-2H3. The highest BCUT2D eigenvalue weighted by Crippen LogP contribution is 2.24. The Bertz CT molecular complexity index is 780. The third kappa shape index (κ3) is 3.66. The number of aromatic amines is 1. The summed E-state index contributed by atoms with van der Waals surface area (Å²) in [7, 11) is -1.61. The predicted octanol–water partition coefficient (Wildman–Crippen LogP) is 0.953. The molecule has 2 aromatic heterocycles. The first-order valence-corrected chi connectivity index (χ1v) is 10.4. The molecule has 24 heavy (non-hydrogen) atoms. The smallest absolute Gasteiger partial charge is 0.274 e. The zero-order chi connectivity index (χ0) is 17.2. The van der Waals surface area contributed by atoms with Crippen LogP contribution in [0.15, 0.2) is 21.7 Å². The Balaban J connectivity index is 1.78. The molecule has 3 heterocycles. The first-order chi connectivity index (χ1) is 11.5. The molecule has 0 saturated carbocycles. The van der Waals surface area contributed by atoms with Crippen molar-refractivity contribution in [1.82, 2.24) is 24.7 Å². The van der Waals surface area contributed by atoms with Crippen molar-refractivity contribution in [3.8, 4) is 11.6 Å². The summed E-state index contributed by atoms with van der Waals surface area (Å²) in [6.45, 7) is 3.10. The maximum Gasteiger partial charge on any atom is 0.274 e. The van der Waals surface area contributed by atoms with Gasteiger partial charge in [-0.3, -0.25) is 0 Å². The quantitative estimate of drug-likeness (QED) is 0.779. The van der Waals surface area contributed by atoms with Crippen molar-refractivity contribution < 1.29 is 12.9 Å². The normalized spacial score (nSPS) is 17.9. The van der Waals surface area contributed by atoms with Crippen molar-refractivity contribution in [2.75, 3.05) is 31.6 Å². The summed E-state index contributed by atoms with van der Waals surface area (Å²) >= 11 is 1.77. The number of hydrogen-bond acceptors (Lipinski definition) is 7. The van der Waals surface area contributed by atoms with Crippen LogP contribution in [0.3, 0.4) is 0 Å². The molecule has 1 fully saturated rings. The molecule has 0 radical (unpaired) electrons. The van der Waals surface area contributed by atoms with Crippen LogP contribution >= 0.6 is 11.8 Å². The van der Waals surface area contributed by atoms with Crippen LogP contribution in [0.1, 0.15) is 12.7 Å². The number of aromatic nitrogens is 3.